The van der Waals surface area contributed by atoms with Gasteiger partial charge in [0, 0.05) is 17.7 Å². The van der Waals surface area contributed by atoms with Crippen LogP contribution < -0.4 is 4.74 Å². The van der Waals surface area contributed by atoms with E-state index in [1.165, 1.54) is 0 Å². The lowest BCUT2D eigenvalue weighted by atomic mass is 10.2. The van der Waals surface area contributed by atoms with Gasteiger partial charge >= 0.3 is 0 Å². The molecule has 3 rings (SSSR count). The molecular weight excluding hydrogens is 248 g/mol. The number of nitrogens with zero attached hydrogens (tertiary/aromatic N) is 1. The first-order valence-corrected chi connectivity index (χ1v) is 6.63. The first-order chi connectivity index (χ1) is 9.86. The molecular formula is C17H16N2O. The second-order valence-corrected chi connectivity index (χ2v) is 4.56. The molecule has 0 aliphatic heterocycles. The first-order valence-electron chi connectivity index (χ1n) is 6.63. The summed E-state index contributed by atoms with van der Waals surface area (Å²) >= 11 is 0. The number of aromatic nitrogens is 2. The van der Waals surface area contributed by atoms with Crippen molar-refractivity contribution in [2.75, 3.05) is 6.61 Å². The van der Waals surface area contributed by atoms with Crippen LogP contribution in [0.5, 0.6) is 5.75 Å². The van der Waals surface area contributed by atoms with Crippen LogP contribution in [-0.2, 0) is 6.42 Å². The Morgan fingerprint density at radius 2 is 2.10 bits per heavy atom. The minimum Gasteiger partial charge on any atom is -0.490 e. The van der Waals surface area contributed by atoms with Crippen LogP contribution in [0.25, 0.3) is 17.5 Å². The summed E-state index contributed by atoms with van der Waals surface area (Å²) in [5.41, 5.74) is 3.22. The Morgan fingerprint density at radius 3 is 2.90 bits per heavy atom. The van der Waals surface area contributed by atoms with Crippen LogP contribution in [0.3, 0.4) is 0 Å². The number of ether oxygens (including phenoxy) is 1. The molecule has 1 aliphatic rings. The van der Waals surface area contributed by atoms with E-state index in [0.29, 0.717) is 6.61 Å². The van der Waals surface area contributed by atoms with Gasteiger partial charge in [0.2, 0.25) is 0 Å². The minimum atomic E-state index is 0.519. The van der Waals surface area contributed by atoms with E-state index < -0.39 is 0 Å². The standard InChI is InChI=1S/C17H16N2O/c1-2-12-20-14-10-8-13(9-11-14)17-18-15-6-4-3-5-7-16(15)19-17/h2-6,8-11H,1,7,12H2,(H,18,19). The number of imidazole rings is 1. The van der Waals surface area contributed by atoms with E-state index in [4.69, 9.17) is 4.74 Å². The summed E-state index contributed by atoms with van der Waals surface area (Å²) in [6.07, 6.45) is 10.8. The number of allylic oxidation sites excluding steroid dienone is 3. The van der Waals surface area contributed by atoms with E-state index >= 15 is 0 Å². The van der Waals surface area contributed by atoms with Crippen molar-refractivity contribution in [3.63, 3.8) is 0 Å². The fourth-order valence-corrected chi connectivity index (χ4v) is 2.13. The molecule has 3 heteroatoms. The van der Waals surface area contributed by atoms with E-state index in [1.807, 2.05) is 42.5 Å². The summed E-state index contributed by atoms with van der Waals surface area (Å²) in [4.78, 5) is 8.02. The predicted octanol–water partition coefficient (Wildman–Crippen LogP) is 3.77. The Balaban J connectivity index is 1.84. The van der Waals surface area contributed by atoms with Gasteiger partial charge in [0.15, 0.2) is 0 Å². The molecule has 2 aromatic rings. The van der Waals surface area contributed by atoms with Crippen molar-refractivity contribution in [2.24, 2.45) is 0 Å². The second kappa shape index (κ2) is 5.61. The fraction of sp³-hybridized carbons (Fsp3) is 0.118. The van der Waals surface area contributed by atoms with Crippen molar-refractivity contribution in [3.05, 3.63) is 66.5 Å². The summed E-state index contributed by atoms with van der Waals surface area (Å²) in [6.45, 7) is 4.15. The Labute approximate surface area is 118 Å². The van der Waals surface area contributed by atoms with Gasteiger partial charge in [0.25, 0.3) is 0 Å². The SMILES string of the molecule is C=CCOc1ccc(-c2nc3c([nH]2)CC=CC=C3)cc1. The molecule has 0 amide bonds. The molecule has 0 radical (unpaired) electrons. The molecule has 1 aromatic heterocycles. The number of hydrogen-bond donors (Lipinski definition) is 1. The van der Waals surface area contributed by atoms with Crippen LogP contribution in [0, 0.1) is 0 Å². The molecule has 0 spiro atoms. The summed E-state index contributed by atoms with van der Waals surface area (Å²) in [7, 11) is 0. The van der Waals surface area contributed by atoms with Crippen LogP contribution >= 0.6 is 0 Å². The lowest BCUT2D eigenvalue weighted by Crippen LogP contribution is -1.92. The molecule has 0 atom stereocenters. The largest absolute Gasteiger partial charge is 0.490 e. The van der Waals surface area contributed by atoms with Gasteiger partial charge in [-0.2, -0.15) is 0 Å². The van der Waals surface area contributed by atoms with Crippen LogP contribution in [0.15, 0.2) is 55.1 Å². The molecule has 0 unspecified atom stereocenters. The number of H-pyrrole nitrogens is 1. The average Bonchev–Trinajstić information content (AvgIpc) is 2.77. The fourth-order valence-electron chi connectivity index (χ4n) is 2.13. The number of rotatable bonds is 4. The van der Waals surface area contributed by atoms with E-state index in [0.717, 1.165) is 34.9 Å². The number of aromatic amines is 1. The average molecular weight is 264 g/mol. The highest BCUT2D eigenvalue weighted by Crippen LogP contribution is 2.23. The first kappa shape index (κ1) is 12.5. The van der Waals surface area contributed by atoms with Crippen molar-refractivity contribution in [3.8, 4) is 17.1 Å². The molecule has 3 nitrogen and oxygen atoms in total. The molecule has 20 heavy (non-hydrogen) atoms. The summed E-state index contributed by atoms with van der Waals surface area (Å²) < 4.78 is 5.47. The maximum Gasteiger partial charge on any atom is 0.138 e. The number of benzene rings is 1. The molecule has 1 heterocycles. The van der Waals surface area contributed by atoms with E-state index in [9.17, 15) is 0 Å². The third-order valence-electron chi connectivity index (χ3n) is 3.13. The quantitative estimate of drug-likeness (QED) is 0.854. The minimum absolute atomic E-state index is 0.519. The predicted molar refractivity (Wildman–Crippen MR) is 81.6 cm³/mol. The summed E-state index contributed by atoms with van der Waals surface area (Å²) in [5.74, 6) is 1.73. The zero-order valence-corrected chi connectivity index (χ0v) is 11.2. The van der Waals surface area contributed by atoms with Gasteiger partial charge in [-0.15, -0.1) is 0 Å². The van der Waals surface area contributed by atoms with Crippen molar-refractivity contribution in [2.45, 2.75) is 6.42 Å². The van der Waals surface area contributed by atoms with Crippen molar-refractivity contribution in [1.29, 1.82) is 0 Å². The molecule has 0 fully saturated rings. The van der Waals surface area contributed by atoms with Gasteiger partial charge in [-0.3, -0.25) is 0 Å². The Bertz CT molecular complexity index is 663. The van der Waals surface area contributed by atoms with Crippen molar-refractivity contribution < 1.29 is 4.74 Å². The molecule has 0 saturated carbocycles. The smallest absolute Gasteiger partial charge is 0.138 e. The van der Waals surface area contributed by atoms with Gasteiger partial charge in [-0.25, -0.2) is 4.98 Å². The third kappa shape index (κ3) is 2.57. The van der Waals surface area contributed by atoms with Crippen LogP contribution in [-0.4, -0.2) is 16.6 Å². The third-order valence-corrected chi connectivity index (χ3v) is 3.13. The monoisotopic (exact) mass is 264 g/mol. The van der Waals surface area contributed by atoms with Gasteiger partial charge in [-0.1, -0.05) is 30.9 Å². The zero-order valence-electron chi connectivity index (χ0n) is 11.2. The molecule has 100 valence electrons. The van der Waals surface area contributed by atoms with E-state index in [1.54, 1.807) is 6.08 Å². The molecule has 1 aliphatic carbocycles. The molecule has 1 aromatic carbocycles. The topological polar surface area (TPSA) is 37.9 Å². The van der Waals surface area contributed by atoms with Crippen LogP contribution in [0.2, 0.25) is 0 Å². The van der Waals surface area contributed by atoms with Gasteiger partial charge in [0.1, 0.15) is 18.2 Å². The second-order valence-electron chi connectivity index (χ2n) is 4.56. The van der Waals surface area contributed by atoms with E-state index in [-0.39, 0.29) is 0 Å². The van der Waals surface area contributed by atoms with Crippen LogP contribution in [0.4, 0.5) is 0 Å². The lowest BCUT2D eigenvalue weighted by Gasteiger charge is -2.03. The Kier molecular flexibility index (Phi) is 3.50. The highest BCUT2D eigenvalue weighted by Gasteiger charge is 2.09. The molecule has 0 bridgehead atoms. The summed E-state index contributed by atoms with van der Waals surface area (Å²) in [6, 6.07) is 7.91. The van der Waals surface area contributed by atoms with Crippen LogP contribution in [0.1, 0.15) is 11.4 Å². The normalized spacial score (nSPS) is 12.8. The maximum absolute atomic E-state index is 5.47. The Morgan fingerprint density at radius 1 is 1.25 bits per heavy atom. The van der Waals surface area contributed by atoms with Gasteiger partial charge in [-0.05, 0) is 30.3 Å². The highest BCUT2D eigenvalue weighted by atomic mass is 16.5. The molecule has 0 saturated heterocycles. The number of fused-ring (bicyclic) bond motifs is 1. The highest BCUT2D eigenvalue weighted by molar-refractivity contribution is 5.62. The molecule has 1 N–H and O–H groups in total. The van der Waals surface area contributed by atoms with Crippen molar-refractivity contribution in [1.82, 2.24) is 9.97 Å². The number of nitrogens with one attached hydrogen (secondary N) is 1. The number of hydrogen-bond acceptors (Lipinski definition) is 2. The van der Waals surface area contributed by atoms with Gasteiger partial charge < -0.3 is 9.72 Å². The maximum atomic E-state index is 5.47. The van der Waals surface area contributed by atoms with Gasteiger partial charge in [0.05, 0.1) is 5.69 Å². The lowest BCUT2D eigenvalue weighted by molar-refractivity contribution is 0.363. The Hall–Kier alpha value is -2.55. The van der Waals surface area contributed by atoms with E-state index in [2.05, 4.69) is 22.6 Å². The summed E-state index contributed by atoms with van der Waals surface area (Å²) in [5, 5.41) is 0. The zero-order chi connectivity index (χ0) is 13.8. The van der Waals surface area contributed by atoms with Crippen molar-refractivity contribution >= 4 is 6.08 Å².